The molecule has 2 rings (SSSR count). The first-order valence-electron chi connectivity index (χ1n) is 5.00. The Bertz CT molecular complexity index is 472. The van der Waals surface area contributed by atoms with Gasteiger partial charge < -0.3 is 5.73 Å². The lowest BCUT2D eigenvalue weighted by Gasteiger charge is -2.10. The number of hydrogen-bond donors (Lipinski definition) is 1. The Morgan fingerprint density at radius 2 is 1.79 bits per heavy atom. The zero-order valence-electron chi connectivity index (χ0n) is 8.67. The van der Waals surface area contributed by atoms with Crippen molar-refractivity contribution in [3.05, 3.63) is 41.5 Å². The molecule has 0 atom stereocenters. The zero-order chi connectivity index (χ0) is 10.1. The van der Waals surface area contributed by atoms with Gasteiger partial charge in [-0.25, -0.2) is 0 Å². The molecule has 0 heterocycles. The molecular weight excluding hydrogens is 170 g/mol. The highest BCUT2D eigenvalue weighted by atomic mass is 14.6. The maximum Gasteiger partial charge on any atom is 0.0396 e. The van der Waals surface area contributed by atoms with E-state index in [0.29, 0.717) is 0 Å². The molecule has 0 aliphatic carbocycles. The van der Waals surface area contributed by atoms with Gasteiger partial charge in [-0.3, -0.25) is 0 Å². The molecule has 0 saturated carbocycles. The molecule has 0 amide bonds. The van der Waals surface area contributed by atoms with E-state index < -0.39 is 0 Å². The molecule has 0 saturated heterocycles. The van der Waals surface area contributed by atoms with Crippen LogP contribution in [0.25, 0.3) is 10.8 Å². The van der Waals surface area contributed by atoms with Crippen LogP contribution in [0.4, 0.5) is 5.69 Å². The van der Waals surface area contributed by atoms with Gasteiger partial charge in [0.05, 0.1) is 0 Å². The average Bonchev–Trinajstić information content (AvgIpc) is 2.18. The number of fused-ring (bicyclic) bond motifs is 1. The summed E-state index contributed by atoms with van der Waals surface area (Å²) in [6.07, 6.45) is 1.06. The molecule has 1 nitrogen and oxygen atoms in total. The zero-order valence-corrected chi connectivity index (χ0v) is 8.67. The van der Waals surface area contributed by atoms with Crippen molar-refractivity contribution in [3.63, 3.8) is 0 Å². The lowest BCUT2D eigenvalue weighted by molar-refractivity contribution is 1.13. The largest absolute Gasteiger partial charge is 0.398 e. The number of rotatable bonds is 1. The maximum absolute atomic E-state index is 5.98. The van der Waals surface area contributed by atoms with E-state index in [1.807, 2.05) is 6.07 Å². The minimum Gasteiger partial charge on any atom is -0.398 e. The molecule has 0 radical (unpaired) electrons. The van der Waals surface area contributed by atoms with Crippen LogP contribution in [0.5, 0.6) is 0 Å². The molecule has 2 aromatic rings. The van der Waals surface area contributed by atoms with Crippen LogP contribution >= 0.6 is 0 Å². The lowest BCUT2D eigenvalue weighted by Crippen LogP contribution is -1.94. The van der Waals surface area contributed by atoms with Crippen molar-refractivity contribution in [3.8, 4) is 0 Å². The molecule has 0 bridgehead atoms. The van der Waals surface area contributed by atoms with E-state index in [1.165, 1.54) is 21.9 Å². The average molecular weight is 185 g/mol. The van der Waals surface area contributed by atoms with E-state index in [2.05, 4.69) is 38.1 Å². The van der Waals surface area contributed by atoms with E-state index in [9.17, 15) is 0 Å². The Kier molecular flexibility index (Phi) is 2.16. The van der Waals surface area contributed by atoms with Crippen LogP contribution in [0.15, 0.2) is 30.3 Å². The van der Waals surface area contributed by atoms with Crippen molar-refractivity contribution in [2.75, 3.05) is 5.73 Å². The summed E-state index contributed by atoms with van der Waals surface area (Å²) >= 11 is 0. The number of nitrogens with two attached hydrogens (primary N) is 1. The molecule has 0 aliphatic rings. The standard InChI is InChI=1S/C13H15N/c1-3-10-9(2)8-13(14)12-7-5-4-6-11(10)12/h4-8H,3,14H2,1-2H3. The summed E-state index contributed by atoms with van der Waals surface area (Å²) in [7, 11) is 0. The van der Waals surface area contributed by atoms with E-state index in [4.69, 9.17) is 5.73 Å². The molecular formula is C13H15N. The Morgan fingerprint density at radius 3 is 2.43 bits per heavy atom. The van der Waals surface area contributed by atoms with Gasteiger partial charge in [0.1, 0.15) is 0 Å². The van der Waals surface area contributed by atoms with Crippen molar-refractivity contribution in [1.82, 2.24) is 0 Å². The molecule has 0 aromatic heterocycles. The molecule has 0 unspecified atom stereocenters. The van der Waals surface area contributed by atoms with Gasteiger partial charge in [0.15, 0.2) is 0 Å². The summed E-state index contributed by atoms with van der Waals surface area (Å²) in [6.45, 7) is 4.31. The van der Waals surface area contributed by atoms with Gasteiger partial charge in [0.2, 0.25) is 0 Å². The molecule has 1 heteroatoms. The fourth-order valence-electron chi connectivity index (χ4n) is 2.08. The normalized spacial score (nSPS) is 10.7. The molecule has 0 spiro atoms. The molecule has 2 aromatic carbocycles. The minimum absolute atomic E-state index is 0.885. The third kappa shape index (κ3) is 1.25. The second-order valence-corrected chi connectivity index (χ2v) is 3.66. The highest BCUT2D eigenvalue weighted by Gasteiger charge is 2.05. The minimum atomic E-state index is 0.885. The first-order valence-corrected chi connectivity index (χ1v) is 5.00. The summed E-state index contributed by atoms with van der Waals surface area (Å²) in [4.78, 5) is 0. The quantitative estimate of drug-likeness (QED) is 0.678. The topological polar surface area (TPSA) is 26.0 Å². The Morgan fingerprint density at radius 1 is 1.14 bits per heavy atom. The molecule has 72 valence electrons. The first kappa shape index (κ1) is 9.07. The van der Waals surface area contributed by atoms with E-state index in [1.54, 1.807) is 0 Å². The fourth-order valence-corrected chi connectivity index (χ4v) is 2.08. The monoisotopic (exact) mass is 185 g/mol. The van der Waals surface area contributed by atoms with Crippen LogP contribution in [-0.2, 0) is 6.42 Å². The van der Waals surface area contributed by atoms with Crippen molar-refractivity contribution < 1.29 is 0 Å². The fraction of sp³-hybridized carbons (Fsp3) is 0.231. The highest BCUT2D eigenvalue weighted by molar-refractivity contribution is 5.96. The molecule has 0 fully saturated rings. The Labute approximate surface area is 84.5 Å². The Hall–Kier alpha value is -1.50. The molecule has 0 aliphatic heterocycles. The predicted molar refractivity (Wildman–Crippen MR) is 62.5 cm³/mol. The molecule has 2 N–H and O–H groups in total. The van der Waals surface area contributed by atoms with Gasteiger partial charge in [0, 0.05) is 11.1 Å². The number of hydrogen-bond acceptors (Lipinski definition) is 1. The lowest BCUT2D eigenvalue weighted by atomic mass is 9.97. The Balaban J connectivity index is 2.90. The van der Waals surface area contributed by atoms with Gasteiger partial charge in [-0.05, 0) is 35.9 Å². The first-order chi connectivity index (χ1) is 6.74. The van der Waals surface area contributed by atoms with Crippen LogP contribution < -0.4 is 5.73 Å². The van der Waals surface area contributed by atoms with Crippen molar-refractivity contribution in [2.45, 2.75) is 20.3 Å². The van der Waals surface area contributed by atoms with E-state index >= 15 is 0 Å². The van der Waals surface area contributed by atoms with Crippen LogP contribution in [0.2, 0.25) is 0 Å². The SMILES string of the molecule is CCc1c(C)cc(N)c2ccccc12. The second-order valence-electron chi connectivity index (χ2n) is 3.66. The third-order valence-corrected chi connectivity index (χ3v) is 2.76. The van der Waals surface area contributed by atoms with E-state index in [0.717, 1.165) is 12.1 Å². The summed E-state index contributed by atoms with van der Waals surface area (Å²) < 4.78 is 0. The number of benzene rings is 2. The van der Waals surface area contributed by atoms with Gasteiger partial charge in [-0.15, -0.1) is 0 Å². The van der Waals surface area contributed by atoms with Gasteiger partial charge in [0.25, 0.3) is 0 Å². The predicted octanol–water partition coefficient (Wildman–Crippen LogP) is 3.29. The van der Waals surface area contributed by atoms with E-state index in [-0.39, 0.29) is 0 Å². The smallest absolute Gasteiger partial charge is 0.0396 e. The summed E-state index contributed by atoms with van der Waals surface area (Å²) in [6, 6.07) is 10.4. The van der Waals surface area contributed by atoms with Crippen molar-refractivity contribution >= 4 is 16.5 Å². The second kappa shape index (κ2) is 3.33. The molecule has 14 heavy (non-hydrogen) atoms. The van der Waals surface area contributed by atoms with Crippen LogP contribution in [0.1, 0.15) is 18.1 Å². The highest BCUT2D eigenvalue weighted by Crippen LogP contribution is 2.27. The third-order valence-electron chi connectivity index (χ3n) is 2.76. The van der Waals surface area contributed by atoms with Crippen LogP contribution in [0, 0.1) is 6.92 Å². The summed E-state index contributed by atoms with van der Waals surface area (Å²) in [5, 5.41) is 2.47. The van der Waals surface area contributed by atoms with Crippen LogP contribution in [0.3, 0.4) is 0 Å². The van der Waals surface area contributed by atoms with Gasteiger partial charge in [-0.2, -0.15) is 0 Å². The number of aryl methyl sites for hydroxylation is 2. The number of anilines is 1. The van der Waals surface area contributed by atoms with Crippen molar-refractivity contribution in [1.29, 1.82) is 0 Å². The number of nitrogen functional groups attached to an aromatic ring is 1. The van der Waals surface area contributed by atoms with Crippen LogP contribution in [-0.4, -0.2) is 0 Å². The van der Waals surface area contributed by atoms with Crippen molar-refractivity contribution in [2.24, 2.45) is 0 Å². The summed E-state index contributed by atoms with van der Waals surface area (Å²) in [5.74, 6) is 0. The van der Waals surface area contributed by atoms with Gasteiger partial charge >= 0.3 is 0 Å². The maximum atomic E-state index is 5.98. The summed E-state index contributed by atoms with van der Waals surface area (Å²) in [5.41, 5.74) is 9.57. The van der Waals surface area contributed by atoms with Gasteiger partial charge in [-0.1, -0.05) is 31.2 Å².